The van der Waals surface area contributed by atoms with Gasteiger partial charge in [-0.1, -0.05) is 26.2 Å². The van der Waals surface area contributed by atoms with Crippen LogP contribution in [0.1, 0.15) is 45.4 Å². The van der Waals surface area contributed by atoms with Crippen molar-refractivity contribution in [2.24, 2.45) is 0 Å². The summed E-state index contributed by atoms with van der Waals surface area (Å²) in [6.45, 7) is 2.57. The molecule has 1 aromatic rings. The van der Waals surface area contributed by atoms with E-state index in [1.54, 1.807) is 23.9 Å². The Balaban J connectivity index is 2.17. The number of carbonyl (C=O) groups excluding carboxylic acids is 2. The third-order valence-corrected chi connectivity index (χ3v) is 3.83. The molecule has 0 saturated heterocycles. The Labute approximate surface area is 136 Å². The molecule has 0 radical (unpaired) electrons. The first kappa shape index (κ1) is 18.6. The first-order valence-electron chi connectivity index (χ1n) is 7.66. The van der Waals surface area contributed by atoms with E-state index in [-0.39, 0.29) is 18.8 Å². The first-order chi connectivity index (χ1) is 10.7. The van der Waals surface area contributed by atoms with Crippen LogP contribution in [0.5, 0.6) is 5.75 Å². The minimum Gasteiger partial charge on any atom is -0.466 e. The fourth-order valence-electron chi connectivity index (χ4n) is 1.82. The number of hydrogen-bond acceptors (Lipinski definition) is 5. The van der Waals surface area contributed by atoms with Crippen LogP contribution in [0.3, 0.4) is 0 Å². The summed E-state index contributed by atoms with van der Waals surface area (Å²) in [4.78, 5) is 24.2. The van der Waals surface area contributed by atoms with Crippen molar-refractivity contribution >= 4 is 23.7 Å². The lowest BCUT2D eigenvalue weighted by atomic mass is 10.2. The Hall–Kier alpha value is -1.49. The largest absolute Gasteiger partial charge is 0.466 e. The average molecular weight is 324 g/mol. The number of benzene rings is 1. The van der Waals surface area contributed by atoms with E-state index in [0.717, 1.165) is 30.6 Å². The second-order valence-corrected chi connectivity index (χ2v) is 5.81. The molecule has 0 spiro atoms. The molecule has 0 unspecified atom stereocenters. The van der Waals surface area contributed by atoms with E-state index in [0.29, 0.717) is 12.4 Å². The van der Waals surface area contributed by atoms with E-state index in [1.807, 2.05) is 18.4 Å². The fraction of sp³-hybridized carbons (Fsp3) is 0.529. The lowest BCUT2D eigenvalue weighted by Gasteiger charge is -2.06. The summed E-state index contributed by atoms with van der Waals surface area (Å²) in [5, 5.41) is 0. The summed E-state index contributed by atoms with van der Waals surface area (Å²) in [7, 11) is 0. The van der Waals surface area contributed by atoms with Crippen LogP contribution in [0, 0.1) is 0 Å². The third-order valence-electron chi connectivity index (χ3n) is 3.09. The SMILES string of the molecule is CCCCCCOC(=O)CCC(=O)Oc1ccc(SC)cc1. The van der Waals surface area contributed by atoms with Crippen molar-refractivity contribution in [2.45, 2.75) is 50.3 Å². The molecular formula is C17H24O4S. The average Bonchev–Trinajstić information content (AvgIpc) is 2.53. The van der Waals surface area contributed by atoms with E-state index in [4.69, 9.17) is 9.47 Å². The number of thioether (sulfide) groups is 1. The lowest BCUT2D eigenvalue weighted by Crippen LogP contribution is -2.12. The quantitative estimate of drug-likeness (QED) is 0.279. The van der Waals surface area contributed by atoms with Crippen molar-refractivity contribution in [2.75, 3.05) is 12.9 Å². The van der Waals surface area contributed by atoms with Crippen molar-refractivity contribution in [3.8, 4) is 5.75 Å². The standard InChI is InChI=1S/C17H24O4S/c1-3-4-5-6-13-20-16(18)11-12-17(19)21-14-7-9-15(22-2)10-8-14/h7-10H,3-6,11-13H2,1-2H3. The summed E-state index contributed by atoms with van der Waals surface area (Å²) < 4.78 is 10.2. The number of esters is 2. The van der Waals surface area contributed by atoms with Crippen molar-refractivity contribution in [3.63, 3.8) is 0 Å². The fourth-order valence-corrected chi connectivity index (χ4v) is 2.23. The maximum absolute atomic E-state index is 11.7. The molecule has 1 aromatic carbocycles. The van der Waals surface area contributed by atoms with Crippen LogP contribution < -0.4 is 4.74 Å². The van der Waals surface area contributed by atoms with Gasteiger partial charge in [-0.05, 0) is 36.9 Å². The molecule has 0 aliphatic carbocycles. The van der Waals surface area contributed by atoms with Crippen molar-refractivity contribution in [3.05, 3.63) is 24.3 Å². The molecule has 0 aliphatic heterocycles. The van der Waals surface area contributed by atoms with E-state index in [1.165, 1.54) is 0 Å². The summed E-state index contributed by atoms with van der Waals surface area (Å²) in [5.41, 5.74) is 0. The number of ether oxygens (including phenoxy) is 2. The van der Waals surface area contributed by atoms with E-state index in [9.17, 15) is 9.59 Å². The molecule has 0 atom stereocenters. The van der Waals surface area contributed by atoms with Gasteiger partial charge in [-0.15, -0.1) is 11.8 Å². The molecular weight excluding hydrogens is 300 g/mol. The predicted octanol–water partition coefficient (Wildman–Crippen LogP) is 4.22. The maximum atomic E-state index is 11.7. The van der Waals surface area contributed by atoms with Crippen molar-refractivity contribution in [1.29, 1.82) is 0 Å². The highest BCUT2D eigenvalue weighted by molar-refractivity contribution is 7.98. The van der Waals surface area contributed by atoms with Crippen LogP contribution in [0.2, 0.25) is 0 Å². The van der Waals surface area contributed by atoms with Gasteiger partial charge < -0.3 is 9.47 Å². The van der Waals surface area contributed by atoms with E-state index in [2.05, 4.69) is 6.92 Å². The second-order valence-electron chi connectivity index (χ2n) is 4.93. The molecule has 0 N–H and O–H groups in total. The molecule has 0 heterocycles. The van der Waals surface area contributed by atoms with Gasteiger partial charge in [0.1, 0.15) is 5.75 Å². The normalized spacial score (nSPS) is 10.3. The van der Waals surface area contributed by atoms with Gasteiger partial charge in [0, 0.05) is 4.90 Å². The molecule has 5 heteroatoms. The molecule has 22 heavy (non-hydrogen) atoms. The zero-order valence-electron chi connectivity index (χ0n) is 13.3. The maximum Gasteiger partial charge on any atom is 0.311 e. The van der Waals surface area contributed by atoms with Crippen molar-refractivity contribution in [1.82, 2.24) is 0 Å². The minimum atomic E-state index is -0.417. The second kappa shape index (κ2) is 11.1. The third kappa shape index (κ3) is 8.08. The van der Waals surface area contributed by atoms with Gasteiger partial charge in [0.05, 0.1) is 19.4 Å². The smallest absolute Gasteiger partial charge is 0.311 e. The lowest BCUT2D eigenvalue weighted by molar-refractivity contribution is -0.147. The Kier molecular flexibility index (Phi) is 9.39. The first-order valence-corrected chi connectivity index (χ1v) is 8.88. The zero-order valence-corrected chi connectivity index (χ0v) is 14.1. The Morgan fingerprint density at radius 3 is 2.32 bits per heavy atom. The Morgan fingerprint density at radius 1 is 1.00 bits per heavy atom. The molecule has 0 aromatic heterocycles. The molecule has 1 rings (SSSR count). The van der Waals surface area contributed by atoms with Gasteiger partial charge in [0.15, 0.2) is 0 Å². The molecule has 4 nitrogen and oxygen atoms in total. The van der Waals surface area contributed by atoms with Crippen molar-refractivity contribution < 1.29 is 19.1 Å². The topological polar surface area (TPSA) is 52.6 Å². The minimum absolute atomic E-state index is 0.0398. The summed E-state index contributed by atoms with van der Waals surface area (Å²) >= 11 is 1.62. The van der Waals surface area contributed by atoms with Crippen LogP contribution in [0.15, 0.2) is 29.2 Å². The van der Waals surface area contributed by atoms with Crippen LogP contribution in [0.25, 0.3) is 0 Å². The van der Waals surface area contributed by atoms with Crippen LogP contribution in [-0.2, 0) is 14.3 Å². The summed E-state index contributed by atoms with van der Waals surface area (Å²) in [6, 6.07) is 7.27. The van der Waals surface area contributed by atoms with Gasteiger partial charge in [0.2, 0.25) is 0 Å². The number of hydrogen-bond donors (Lipinski definition) is 0. The van der Waals surface area contributed by atoms with Gasteiger partial charge >= 0.3 is 11.9 Å². The molecule has 122 valence electrons. The number of rotatable bonds is 10. The predicted molar refractivity (Wildman–Crippen MR) is 88.2 cm³/mol. The highest BCUT2D eigenvalue weighted by Crippen LogP contribution is 2.19. The Bertz CT molecular complexity index is 456. The van der Waals surface area contributed by atoms with Gasteiger partial charge in [-0.3, -0.25) is 9.59 Å². The monoisotopic (exact) mass is 324 g/mol. The van der Waals surface area contributed by atoms with Gasteiger partial charge in [0.25, 0.3) is 0 Å². The number of carbonyl (C=O) groups is 2. The molecule has 0 amide bonds. The van der Waals surface area contributed by atoms with Crippen LogP contribution in [0.4, 0.5) is 0 Å². The van der Waals surface area contributed by atoms with Crippen LogP contribution >= 0.6 is 11.8 Å². The van der Waals surface area contributed by atoms with Crippen LogP contribution in [-0.4, -0.2) is 24.8 Å². The molecule has 0 bridgehead atoms. The highest BCUT2D eigenvalue weighted by Gasteiger charge is 2.10. The molecule has 0 saturated carbocycles. The van der Waals surface area contributed by atoms with Gasteiger partial charge in [-0.2, -0.15) is 0 Å². The zero-order chi connectivity index (χ0) is 16.2. The number of unbranched alkanes of at least 4 members (excludes halogenated alkanes) is 3. The molecule has 0 aliphatic rings. The van der Waals surface area contributed by atoms with E-state index < -0.39 is 5.97 Å². The van der Waals surface area contributed by atoms with Gasteiger partial charge in [-0.25, -0.2) is 0 Å². The van der Waals surface area contributed by atoms with E-state index >= 15 is 0 Å². The summed E-state index contributed by atoms with van der Waals surface area (Å²) in [5.74, 6) is -0.262. The molecule has 0 fully saturated rings. The highest BCUT2D eigenvalue weighted by atomic mass is 32.2. The summed E-state index contributed by atoms with van der Waals surface area (Å²) in [6.07, 6.45) is 6.34. The Morgan fingerprint density at radius 2 is 1.68 bits per heavy atom.